The summed E-state index contributed by atoms with van der Waals surface area (Å²) >= 11 is 0. The van der Waals surface area contributed by atoms with Crippen molar-refractivity contribution in [2.45, 2.75) is 46.0 Å². The lowest BCUT2D eigenvalue weighted by molar-refractivity contribution is -0.126. The Kier molecular flexibility index (Phi) is 5.66. The Morgan fingerprint density at radius 3 is 2.46 bits per heavy atom. The first kappa shape index (κ1) is 18.1. The van der Waals surface area contributed by atoms with Crippen LogP contribution in [0.5, 0.6) is 0 Å². The lowest BCUT2D eigenvalue weighted by Crippen LogP contribution is -2.38. The highest BCUT2D eigenvalue weighted by atomic mass is 16.3. The van der Waals surface area contributed by atoms with E-state index in [2.05, 4.69) is 29.1 Å². The summed E-state index contributed by atoms with van der Waals surface area (Å²) < 4.78 is 5.91. The van der Waals surface area contributed by atoms with Crippen LogP contribution in [0.15, 0.2) is 53.1 Å². The van der Waals surface area contributed by atoms with Crippen LogP contribution in [0.4, 0.5) is 5.82 Å². The van der Waals surface area contributed by atoms with Gasteiger partial charge >= 0.3 is 0 Å². The molecule has 5 nitrogen and oxygen atoms in total. The molecule has 0 radical (unpaired) electrons. The number of hydrogen-bond donors (Lipinski definition) is 1. The van der Waals surface area contributed by atoms with Crippen LogP contribution in [0.2, 0.25) is 0 Å². The average Bonchev–Trinajstić information content (AvgIpc) is 3.05. The third kappa shape index (κ3) is 3.93. The predicted octanol–water partition coefficient (Wildman–Crippen LogP) is 4.99. The summed E-state index contributed by atoms with van der Waals surface area (Å²) in [7, 11) is 0. The number of nitrogens with zero attached hydrogens (tertiary/aromatic N) is 2. The molecule has 3 rings (SSSR count). The van der Waals surface area contributed by atoms with Crippen LogP contribution in [0.25, 0.3) is 11.1 Å². The van der Waals surface area contributed by atoms with E-state index in [1.165, 1.54) is 0 Å². The monoisotopic (exact) mass is 351 g/mol. The molecule has 0 saturated carbocycles. The number of oxazole rings is 1. The molecule has 0 aliphatic rings. The molecule has 0 aliphatic heterocycles. The van der Waals surface area contributed by atoms with Crippen LogP contribution in [0.1, 0.15) is 45.4 Å². The number of carbonyl (C=O) groups excluding carboxylic acids is 1. The molecule has 1 aromatic carbocycles. The highest BCUT2D eigenvalue weighted by Crippen LogP contribution is 2.36. The van der Waals surface area contributed by atoms with Crippen molar-refractivity contribution in [1.29, 1.82) is 0 Å². The fraction of sp³-hybridized carbons (Fsp3) is 0.381. The first-order valence-corrected chi connectivity index (χ1v) is 9.24. The summed E-state index contributed by atoms with van der Waals surface area (Å²) in [5, 5.41) is 2.99. The first-order chi connectivity index (χ1) is 12.7. The molecular formula is C21H25N3O2. The van der Waals surface area contributed by atoms with Gasteiger partial charge in [-0.3, -0.25) is 4.79 Å². The molecule has 0 fully saturated rings. The number of rotatable bonds is 8. The van der Waals surface area contributed by atoms with Crippen molar-refractivity contribution in [2.24, 2.45) is 5.41 Å². The van der Waals surface area contributed by atoms with Crippen molar-refractivity contribution in [3.63, 3.8) is 0 Å². The first-order valence-electron chi connectivity index (χ1n) is 9.24. The van der Waals surface area contributed by atoms with Crippen molar-refractivity contribution < 1.29 is 9.21 Å². The zero-order valence-corrected chi connectivity index (χ0v) is 15.4. The van der Waals surface area contributed by atoms with Gasteiger partial charge < -0.3 is 9.73 Å². The minimum atomic E-state index is -0.554. The average molecular weight is 351 g/mol. The Balaban J connectivity index is 1.90. The van der Waals surface area contributed by atoms with E-state index >= 15 is 0 Å². The molecule has 0 saturated heterocycles. The summed E-state index contributed by atoms with van der Waals surface area (Å²) in [6, 6.07) is 13.2. The maximum atomic E-state index is 13.2. The fourth-order valence-electron chi connectivity index (χ4n) is 3.54. The van der Waals surface area contributed by atoms with E-state index in [-0.39, 0.29) is 5.91 Å². The quantitative estimate of drug-likeness (QED) is 0.621. The van der Waals surface area contributed by atoms with Crippen molar-refractivity contribution in [2.75, 3.05) is 5.32 Å². The lowest BCUT2D eigenvalue weighted by Gasteiger charge is -2.31. The molecule has 1 amide bonds. The van der Waals surface area contributed by atoms with Gasteiger partial charge in [0.1, 0.15) is 11.3 Å². The molecule has 0 unspecified atom stereocenters. The fourth-order valence-corrected chi connectivity index (χ4v) is 3.54. The second kappa shape index (κ2) is 8.13. The van der Waals surface area contributed by atoms with Gasteiger partial charge in [0.2, 0.25) is 5.91 Å². The number of para-hydroxylation sites is 2. The summed E-state index contributed by atoms with van der Waals surface area (Å²) in [6.07, 6.45) is 5.54. The normalized spacial score (nSPS) is 11.6. The van der Waals surface area contributed by atoms with Gasteiger partial charge in [0.15, 0.2) is 11.5 Å². The number of aromatic nitrogens is 2. The van der Waals surface area contributed by atoms with Gasteiger partial charge in [-0.25, -0.2) is 9.97 Å². The molecule has 0 bridgehead atoms. The number of amides is 1. The van der Waals surface area contributed by atoms with Gasteiger partial charge in [-0.1, -0.05) is 44.9 Å². The summed E-state index contributed by atoms with van der Waals surface area (Å²) in [4.78, 5) is 22.0. The summed E-state index contributed by atoms with van der Waals surface area (Å²) in [5.74, 6) is 1.18. The molecule has 0 aliphatic carbocycles. The highest BCUT2D eigenvalue weighted by molar-refractivity contribution is 5.94. The predicted molar refractivity (Wildman–Crippen MR) is 103 cm³/mol. The number of carbonyl (C=O) groups is 1. The van der Waals surface area contributed by atoms with Crippen LogP contribution in [0.3, 0.4) is 0 Å². The Bertz CT molecular complexity index is 819. The Labute approximate surface area is 153 Å². The van der Waals surface area contributed by atoms with Crippen LogP contribution < -0.4 is 5.32 Å². The largest absolute Gasteiger partial charge is 0.441 e. The van der Waals surface area contributed by atoms with E-state index in [1.54, 1.807) is 12.3 Å². The molecule has 3 aromatic rings. The second-order valence-electron chi connectivity index (χ2n) is 6.70. The van der Waals surface area contributed by atoms with Crippen LogP contribution >= 0.6 is 0 Å². The van der Waals surface area contributed by atoms with E-state index in [1.807, 2.05) is 36.4 Å². The molecule has 26 heavy (non-hydrogen) atoms. The second-order valence-corrected chi connectivity index (χ2v) is 6.70. The van der Waals surface area contributed by atoms with Crippen molar-refractivity contribution >= 4 is 22.8 Å². The molecule has 0 atom stereocenters. The lowest BCUT2D eigenvalue weighted by atomic mass is 9.75. The Morgan fingerprint density at radius 2 is 1.81 bits per heavy atom. The van der Waals surface area contributed by atoms with Crippen molar-refractivity contribution in [1.82, 2.24) is 9.97 Å². The van der Waals surface area contributed by atoms with E-state index in [0.29, 0.717) is 18.1 Å². The van der Waals surface area contributed by atoms with E-state index < -0.39 is 5.41 Å². The van der Waals surface area contributed by atoms with Gasteiger partial charge in [-0.2, -0.15) is 0 Å². The smallest absolute Gasteiger partial charge is 0.232 e. The standard InChI is InChI=1S/C21H25N3O2/c1-3-12-21(13-4-2,20(25)24-18-11-7-8-14-22-18)15-19-23-16-9-5-6-10-17(16)26-19/h5-11,14H,3-4,12-13,15H2,1-2H3,(H,22,24,25). The maximum Gasteiger partial charge on any atom is 0.232 e. The van der Waals surface area contributed by atoms with Gasteiger partial charge in [-0.05, 0) is 37.1 Å². The number of pyridine rings is 1. The van der Waals surface area contributed by atoms with E-state index in [0.717, 1.165) is 36.8 Å². The number of anilines is 1. The molecular weight excluding hydrogens is 326 g/mol. The molecule has 1 N–H and O–H groups in total. The Morgan fingerprint density at radius 1 is 1.08 bits per heavy atom. The molecule has 2 heterocycles. The zero-order valence-electron chi connectivity index (χ0n) is 15.4. The van der Waals surface area contributed by atoms with E-state index in [9.17, 15) is 4.79 Å². The van der Waals surface area contributed by atoms with Crippen molar-refractivity contribution in [3.05, 3.63) is 54.6 Å². The topological polar surface area (TPSA) is 68.0 Å². The maximum absolute atomic E-state index is 13.2. The summed E-state index contributed by atoms with van der Waals surface area (Å²) in [5.41, 5.74) is 1.03. The number of hydrogen-bond acceptors (Lipinski definition) is 4. The summed E-state index contributed by atoms with van der Waals surface area (Å²) in [6.45, 7) is 4.20. The minimum absolute atomic E-state index is 0.0119. The zero-order chi connectivity index (χ0) is 18.4. The third-order valence-electron chi connectivity index (χ3n) is 4.67. The SMILES string of the molecule is CCCC(CCC)(Cc1nc2ccccc2o1)C(=O)Nc1ccccn1. The third-order valence-corrected chi connectivity index (χ3v) is 4.67. The number of nitrogens with one attached hydrogen (secondary N) is 1. The van der Waals surface area contributed by atoms with E-state index in [4.69, 9.17) is 4.42 Å². The van der Waals surface area contributed by atoms with Gasteiger partial charge in [0, 0.05) is 12.6 Å². The minimum Gasteiger partial charge on any atom is -0.441 e. The van der Waals surface area contributed by atoms with Crippen molar-refractivity contribution in [3.8, 4) is 0 Å². The van der Waals surface area contributed by atoms with Gasteiger partial charge in [0.25, 0.3) is 0 Å². The molecule has 5 heteroatoms. The highest BCUT2D eigenvalue weighted by Gasteiger charge is 2.38. The van der Waals surface area contributed by atoms with Gasteiger partial charge in [0.05, 0.1) is 5.41 Å². The molecule has 0 spiro atoms. The number of fused-ring (bicyclic) bond motifs is 1. The Hall–Kier alpha value is -2.69. The van der Waals surface area contributed by atoms with Crippen LogP contribution in [-0.2, 0) is 11.2 Å². The molecule has 2 aromatic heterocycles. The van der Waals surface area contributed by atoms with Crippen LogP contribution in [0, 0.1) is 5.41 Å². The van der Waals surface area contributed by atoms with Crippen LogP contribution in [-0.4, -0.2) is 15.9 Å². The molecule has 136 valence electrons. The van der Waals surface area contributed by atoms with Gasteiger partial charge in [-0.15, -0.1) is 0 Å². The number of benzene rings is 1.